The van der Waals surface area contributed by atoms with Crippen LogP contribution in [0.4, 0.5) is 18.9 Å². The fraction of sp³-hybridized carbons (Fsp3) is 0.562. The minimum absolute atomic E-state index is 0.143. The molecule has 23 heavy (non-hydrogen) atoms. The maximum atomic E-state index is 12.6. The van der Waals surface area contributed by atoms with Crippen LogP contribution < -0.4 is 5.32 Å². The number of hydrogen-bond donors (Lipinski definition) is 2. The van der Waals surface area contributed by atoms with Crippen molar-refractivity contribution in [2.45, 2.75) is 50.6 Å². The highest BCUT2D eigenvalue weighted by Gasteiger charge is 2.39. The summed E-state index contributed by atoms with van der Waals surface area (Å²) in [7, 11) is 0. The van der Waals surface area contributed by atoms with Crippen molar-refractivity contribution in [3.63, 3.8) is 0 Å². The first-order valence-electron chi connectivity index (χ1n) is 7.71. The van der Waals surface area contributed by atoms with E-state index in [-0.39, 0.29) is 13.1 Å². The molecule has 1 saturated carbocycles. The normalized spacial score (nSPS) is 20.5. The minimum Gasteiger partial charge on any atom is -0.380 e. The quantitative estimate of drug-likeness (QED) is 0.897. The van der Waals surface area contributed by atoms with Gasteiger partial charge in [0.05, 0.1) is 6.54 Å². The number of halogens is 3. The average Bonchev–Trinajstić information content (AvgIpc) is 3.04. The third kappa shape index (κ3) is 3.50. The largest absolute Gasteiger partial charge is 0.401 e. The Balaban J connectivity index is 1.74. The first kappa shape index (κ1) is 16.3. The lowest BCUT2D eigenvalue weighted by molar-refractivity contribution is -0.147. The number of fused-ring (bicyclic) bond motifs is 1. The predicted octanol–water partition coefficient (Wildman–Crippen LogP) is 2.81. The number of hydrogen-bond acceptors (Lipinski definition) is 3. The van der Waals surface area contributed by atoms with Gasteiger partial charge in [0.2, 0.25) is 0 Å². The van der Waals surface area contributed by atoms with Gasteiger partial charge in [-0.3, -0.25) is 9.69 Å². The summed E-state index contributed by atoms with van der Waals surface area (Å²) in [5.74, 6) is -0.460. The zero-order valence-electron chi connectivity index (χ0n) is 12.6. The summed E-state index contributed by atoms with van der Waals surface area (Å²) in [6, 6.07) is 5.15. The summed E-state index contributed by atoms with van der Waals surface area (Å²) < 4.78 is 37.7. The molecule has 7 heteroatoms. The molecule has 3 rings (SSSR count). The maximum absolute atomic E-state index is 12.6. The second-order valence-electron chi connectivity index (χ2n) is 6.40. The van der Waals surface area contributed by atoms with Crippen molar-refractivity contribution in [1.82, 2.24) is 4.90 Å². The molecule has 1 aromatic carbocycles. The van der Waals surface area contributed by atoms with Crippen molar-refractivity contribution >= 4 is 11.6 Å². The highest BCUT2D eigenvalue weighted by Crippen LogP contribution is 2.34. The molecule has 1 fully saturated rings. The van der Waals surface area contributed by atoms with Crippen molar-refractivity contribution < 1.29 is 23.1 Å². The van der Waals surface area contributed by atoms with Gasteiger partial charge in [-0.15, -0.1) is 0 Å². The summed E-state index contributed by atoms with van der Waals surface area (Å²) in [6.45, 7) is -0.619. The maximum Gasteiger partial charge on any atom is 0.401 e. The van der Waals surface area contributed by atoms with Gasteiger partial charge in [0.1, 0.15) is 5.60 Å². The zero-order chi connectivity index (χ0) is 16.7. The number of aliphatic hydroxyl groups is 1. The number of carbonyl (C=O) groups is 1. The highest BCUT2D eigenvalue weighted by molar-refractivity contribution is 5.98. The molecule has 1 aromatic rings. The van der Waals surface area contributed by atoms with Crippen LogP contribution in [0.25, 0.3) is 0 Å². The second-order valence-corrected chi connectivity index (χ2v) is 6.40. The number of benzene rings is 1. The Morgan fingerprint density at radius 1 is 1.26 bits per heavy atom. The van der Waals surface area contributed by atoms with Gasteiger partial charge in [0, 0.05) is 18.8 Å². The highest BCUT2D eigenvalue weighted by atomic mass is 19.4. The SMILES string of the molecule is O=C(Nc1cccc2c1CN(CC(F)(F)F)C2)C1(O)CCCC1. The topological polar surface area (TPSA) is 52.6 Å². The molecule has 1 amide bonds. The lowest BCUT2D eigenvalue weighted by atomic mass is 10.0. The molecule has 0 spiro atoms. The first-order chi connectivity index (χ1) is 10.8. The van der Waals surface area contributed by atoms with Gasteiger partial charge in [-0.05, 0) is 42.9 Å². The van der Waals surface area contributed by atoms with E-state index < -0.39 is 24.2 Å². The molecule has 0 radical (unpaired) electrons. The average molecular weight is 328 g/mol. The number of rotatable bonds is 3. The van der Waals surface area contributed by atoms with Crippen molar-refractivity contribution in [2.24, 2.45) is 0 Å². The number of nitrogens with zero attached hydrogens (tertiary/aromatic N) is 1. The third-order valence-electron chi connectivity index (χ3n) is 4.55. The monoisotopic (exact) mass is 328 g/mol. The molecule has 1 heterocycles. The van der Waals surface area contributed by atoms with Crippen LogP contribution in [0.1, 0.15) is 36.8 Å². The molecule has 0 saturated heterocycles. The summed E-state index contributed by atoms with van der Waals surface area (Å²) >= 11 is 0. The van der Waals surface area contributed by atoms with E-state index in [1.54, 1.807) is 18.2 Å². The van der Waals surface area contributed by atoms with Crippen molar-refractivity contribution in [1.29, 1.82) is 0 Å². The van der Waals surface area contributed by atoms with E-state index in [4.69, 9.17) is 0 Å². The van der Waals surface area contributed by atoms with E-state index in [9.17, 15) is 23.1 Å². The van der Waals surface area contributed by atoms with Gasteiger partial charge in [0.15, 0.2) is 0 Å². The van der Waals surface area contributed by atoms with E-state index in [1.165, 1.54) is 4.90 Å². The lowest BCUT2D eigenvalue weighted by Crippen LogP contribution is -2.40. The number of nitrogens with one attached hydrogen (secondary N) is 1. The lowest BCUT2D eigenvalue weighted by Gasteiger charge is -2.22. The van der Waals surface area contributed by atoms with Crippen LogP contribution in [-0.2, 0) is 17.9 Å². The first-order valence-corrected chi connectivity index (χ1v) is 7.71. The van der Waals surface area contributed by atoms with Crippen LogP contribution in [0.5, 0.6) is 0 Å². The predicted molar refractivity (Wildman–Crippen MR) is 78.7 cm³/mol. The minimum atomic E-state index is -4.25. The number of anilines is 1. The Morgan fingerprint density at radius 3 is 2.61 bits per heavy atom. The van der Waals surface area contributed by atoms with Crippen molar-refractivity contribution in [3.05, 3.63) is 29.3 Å². The zero-order valence-corrected chi connectivity index (χ0v) is 12.6. The molecule has 126 valence electrons. The molecule has 2 aliphatic rings. The molecular formula is C16H19F3N2O2. The number of carbonyl (C=O) groups excluding carboxylic acids is 1. The van der Waals surface area contributed by atoms with Gasteiger partial charge in [0.25, 0.3) is 5.91 Å². The smallest absolute Gasteiger partial charge is 0.380 e. The van der Waals surface area contributed by atoms with E-state index >= 15 is 0 Å². The Bertz CT molecular complexity index is 610. The summed E-state index contributed by atoms with van der Waals surface area (Å²) in [4.78, 5) is 13.6. The van der Waals surface area contributed by atoms with E-state index in [0.29, 0.717) is 24.1 Å². The third-order valence-corrected chi connectivity index (χ3v) is 4.55. The van der Waals surface area contributed by atoms with E-state index in [2.05, 4.69) is 5.32 Å². The Kier molecular flexibility index (Phi) is 4.10. The standard InChI is InChI=1S/C16H19F3N2O2/c17-16(18,19)10-21-8-11-4-3-5-13(12(11)9-21)20-14(22)15(23)6-1-2-7-15/h3-5,23H,1-2,6-10H2,(H,20,22). The number of amides is 1. The van der Waals surface area contributed by atoms with Gasteiger partial charge >= 0.3 is 6.18 Å². The molecule has 4 nitrogen and oxygen atoms in total. The molecule has 1 aliphatic heterocycles. The number of alkyl halides is 3. The van der Waals surface area contributed by atoms with Crippen molar-refractivity contribution in [3.8, 4) is 0 Å². The summed E-state index contributed by atoms with van der Waals surface area (Å²) in [5.41, 5.74) is 0.627. The molecule has 2 N–H and O–H groups in total. The van der Waals surface area contributed by atoms with Crippen LogP contribution in [0.3, 0.4) is 0 Å². The summed E-state index contributed by atoms with van der Waals surface area (Å²) in [6.07, 6.45) is -1.79. The molecule has 0 atom stereocenters. The van der Waals surface area contributed by atoms with E-state index in [0.717, 1.165) is 18.4 Å². The second kappa shape index (κ2) is 5.79. The van der Waals surface area contributed by atoms with Crippen LogP contribution >= 0.6 is 0 Å². The van der Waals surface area contributed by atoms with Crippen LogP contribution in [0.2, 0.25) is 0 Å². The van der Waals surface area contributed by atoms with Crippen molar-refractivity contribution in [2.75, 3.05) is 11.9 Å². The Labute approximate surface area is 132 Å². The van der Waals surface area contributed by atoms with Crippen LogP contribution in [0, 0.1) is 0 Å². The molecule has 0 aromatic heterocycles. The molecular weight excluding hydrogens is 309 g/mol. The van der Waals surface area contributed by atoms with Gasteiger partial charge in [-0.2, -0.15) is 13.2 Å². The molecule has 0 bridgehead atoms. The molecule has 1 aliphatic carbocycles. The van der Waals surface area contributed by atoms with E-state index in [1.807, 2.05) is 0 Å². The Hall–Kier alpha value is -1.60. The van der Waals surface area contributed by atoms with Gasteiger partial charge in [-0.25, -0.2) is 0 Å². The van der Waals surface area contributed by atoms with Crippen LogP contribution in [0.15, 0.2) is 18.2 Å². The Morgan fingerprint density at radius 2 is 1.96 bits per heavy atom. The molecule has 0 unspecified atom stereocenters. The van der Waals surface area contributed by atoms with Crippen LogP contribution in [-0.4, -0.2) is 34.2 Å². The summed E-state index contributed by atoms with van der Waals surface area (Å²) in [5, 5.41) is 13.0. The fourth-order valence-corrected chi connectivity index (χ4v) is 3.40. The van der Waals surface area contributed by atoms with Gasteiger partial charge in [-0.1, -0.05) is 12.1 Å². The van der Waals surface area contributed by atoms with Gasteiger partial charge < -0.3 is 10.4 Å². The fourth-order valence-electron chi connectivity index (χ4n) is 3.40.